The van der Waals surface area contributed by atoms with E-state index in [1.54, 1.807) is 6.20 Å². The highest BCUT2D eigenvalue weighted by molar-refractivity contribution is 5.37. The molecule has 20 heavy (non-hydrogen) atoms. The van der Waals surface area contributed by atoms with Crippen LogP contribution in [0.2, 0.25) is 0 Å². The predicted octanol–water partition coefficient (Wildman–Crippen LogP) is 2.50. The minimum Gasteiger partial charge on any atom is -0.492 e. The molecule has 3 rings (SSSR count). The summed E-state index contributed by atoms with van der Waals surface area (Å²) in [5.41, 5.74) is 1.85. The Morgan fingerprint density at radius 2 is 2.25 bits per heavy atom. The lowest BCUT2D eigenvalue weighted by Crippen LogP contribution is -2.34. The van der Waals surface area contributed by atoms with Gasteiger partial charge in [-0.3, -0.25) is 4.68 Å². The quantitative estimate of drug-likeness (QED) is 0.858. The van der Waals surface area contributed by atoms with Gasteiger partial charge in [0.2, 0.25) is 0 Å². The number of nitrogens with zero attached hydrogens (tertiary/aromatic N) is 3. The van der Waals surface area contributed by atoms with E-state index < -0.39 is 5.41 Å². The van der Waals surface area contributed by atoms with Crippen LogP contribution in [0.1, 0.15) is 17.7 Å². The van der Waals surface area contributed by atoms with E-state index >= 15 is 0 Å². The summed E-state index contributed by atoms with van der Waals surface area (Å²) in [6, 6.07) is 12.5. The second-order valence-electron chi connectivity index (χ2n) is 5.41. The Morgan fingerprint density at radius 3 is 3.00 bits per heavy atom. The van der Waals surface area contributed by atoms with Gasteiger partial charge in [0.25, 0.3) is 0 Å². The lowest BCUT2D eigenvalue weighted by molar-refractivity contribution is 0.160. The van der Waals surface area contributed by atoms with Gasteiger partial charge in [0.05, 0.1) is 11.5 Å². The van der Waals surface area contributed by atoms with E-state index in [0.717, 1.165) is 36.3 Å². The van der Waals surface area contributed by atoms with Crippen LogP contribution in [0.25, 0.3) is 0 Å². The molecule has 0 saturated heterocycles. The first-order valence-corrected chi connectivity index (χ1v) is 6.81. The first kappa shape index (κ1) is 12.7. The maximum atomic E-state index is 9.61. The van der Waals surface area contributed by atoms with Crippen molar-refractivity contribution < 1.29 is 4.74 Å². The minimum absolute atomic E-state index is 0.432. The molecule has 1 aliphatic heterocycles. The van der Waals surface area contributed by atoms with Gasteiger partial charge >= 0.3 is 0 Å². The number of ether oxygens (including phenoxy) is 1. The van der Waals surface area contributed by atoms with Gasteiger partial charge < -0.3 is 4.74 Å². The van der Waals surface area contributed by atoms with Gasteiger partial charge in [0, 0.05) is 18.9 Å². The highest BCUT2D eigenvalue weighted by atomic mass is 16.5. The average molecular weight is 267 g/mol. The molecular formula is C16H17N3O. The van der Waals surface area contributed by atoms with E-state index in [2.05, 4.69) is 11.2 Å². The third-order valence-corrected chi connectivity index (χ3v) is 4.02. The van der Waals surface area contributed by atoms with E-state index in [1.165, 1.54) is 0 Å². The lowest BCUT2D eigenvalue weighted by atomic mass is 9.78. The molecule has 102 valence electrons. The molecule has 1 unspecified atom stereocenters. The Bertz CT molecular complexity index is 656. The molecule has 4 nitrogen and oxygen atoms in total. The third kappa shape index (κ3) is 2.27. The van der Waals surface area contributed by atoms with E-state index in [0.29, 0.717) is 6.61 Å². The highest BCUT2D eigenvalue weighted by Crippen LogP contribution is 2.37. The third-order valence-electron chi connectivity index (χ3n) is 4.02. The zero-order valence-corrected chi connectivity index (χ0v) is 11.5. The van der Waals surface area contributed by atoms with Crippen molar-refractivity contribution in [2.24, 2.45) is 12.5 Å². The largest absolute Gasteiger partial charge is 0.492 e. The smallest absolute Gasteiger partial charge is 0.122 e. The van der Waals surface area contributed by atoms with Gasteiger partial charge in [0.1, 0.15) is 12.4 Å². The molecule has 4 heteroatoms. The molecule has 1 aromatic heterocycles. The fourth-order valence-electron chi connectivity index (χ4n) is 2.72. The predicted molar refractivity (Wildman–Crippen MR) is 75.2 cm³/mol. The molecule has 0 N–H and O–H groups in total. The molecule has 0 aliphatic carbocycles. The van der Waals surface area contributed by atoms with Gasteiger partial charge in [-0.15, -0.1) is 0 Å². The number of para-hydroxylation sites is 1. The number of aryl methyl sites for hydroxylation is 2. The Morgan fingerprint density at radius 1 is 1.40 bits per heavy atom. The van der Waals surface area contributed by atoms with Crippen LogP contribution in [-0.2, 0) is 19.9 Å². The van der Waals surface area contributed by atoms with Gasteiger partial charge in [-0.05, 0) is 37.0 Å². The minimum atomic E-state index is -0.432. The molecule has 0 amide bonds. The highest BCUT2D eigenvalue weighted by Gasteiger charge is 2.36. The maximum absolute atomic E-state index is 9.61. The number of hydrogen-bond acceptors (Lipinski definition) is 3. The monoisotopic (exact) mass is 267 g/mol. The molecular weight excluding hydrogens is 250 g/mol. The summed E-state index contributed by atoms with van der Waals surface area (Å²) in [6.07, 6.45) is 4.19. The van der Waals surface area contributed by atoms with Crippen molar-refractivity contribution >= 4 is 0 Å². The molecule has 1 aromatic carbocycles. The second kappa shape index (κ2) is 5.01. The summed E-state index contributed by atoms with van der Waals surface area (Å²) < 4.78 is 7.65. The molecule has 1 atom stereocenters. The van der Waals surface area contributed by atoms with Crippen LogP contribution in [0.3, 0.4) is 0 Å². The van der Waals surface area contributed by atoms with Crippen LogP contribution in [0, 0.1) is 16.7 Å². The van der Waals surface area contributed by atoms with Crippen LogP contribution in [0.15, 0.2) is 36.5 Å². The Kier molecular flexibility index (Phi) is 3.19. The van der Waals surface area contributed by atoms with Crippen molar-refractivity contribution in [3.63, 3.8) is 0 Å². The first-order valence-electron chi connectivity index (χ1n) is 6.81. The molecule has 0 saturated carbocycles. The molecule has 0 radical (unpaired) electrons. The Hall–Kier alpha value is -2.28. The molecule has 1 aliphatic rings. The second-order valence-corrected chi connectivity index (χ2v) is 5.41. The number of aromatic nitrogens is 2. The zero-order chi connectivity index (χ0) is 14.0. The number of fused-ring (bicyclic) bond motifs is 1. The average Bonchev–Trinajstić information content (AvgIpc) is 2.90. The number of hydrogen-bond donors (Lipinski definition) is 0. The van der Waals surface area contributed by atoms with Gasteiger partial charge in [-0.2, -0.15) is 10.4 Å². The summed E-state index contributed by atoms with van der Waals surface area (Å²) in [5, 5.41) is 13.8. The summed E-state index contributed by atoms with van der Waals surface area (Å²) in [4.78, 5) is 0. The van der Waals surface area contributed by atoms with Crippen molar-refractivity contribution in [3.8, 4) is 11.8 Å². The molecule has 2 aromatic rings. The van der Waals surface area contributed by atoms with Crippen LogP contribution < -0.4 is 4.74 Å². The summed E-state index contributed by atoms with van der Waals surface area (Å²) in [7, 11) is 1.93. The van der Waals surface area contributed by atoms with Crippen LogP contribution in [0.5, 0.6) is 5.75 Å². The standard InChI is InChI=1S/C16H17N3O/c1-19-14(7-9-18-19)6-8-16(11-17)10-13-4-2-3-5-15(13)20-12-16/h2-5,7,9H,6,8,10,12H2,1H3. The van der Waals surface area contributed by atoms with Crippen molar-refractivity contribution in [2.75, 3.05) is 6.61 Å². The van der Waals surface area contributed by atoms with Crippen LogP contribution in [0.4, 0.5) is 0 Å². The van der Waals surface area contributed by atoms with Crippen LogP contribution in [-0.4, -0.2) is 16.4 Å². The van der Waals surface area contributed by atoms with E-state index in [1.807, 2.05) is 42.1 Å². The molecule has 0 bridgehead atoms. The van der Waals surface area contributed by atoms with Gasteiger partial charge in [-0.1, -0.05) is 18.2 Å². The van der Waals surface area contributed by atoms with Crippen molar-refractivity contribution in [2.45, 2.75) is 19.3 Å². The van der Waals surface area contributed by atoms with E-state index in [-0.39, 0.29) is 0 Å². The molecule has 0 spiro atoms. The first-order chi connectivity index (χ1) is 9.72. The summed E-state index contributed by atoms with van der Waals surface area (Å²) >= 11 is 0. The Labute approximate surface area is 118 Å². The molecule has 0 fully saturated rings. The van der Waals surface area contributed by atoms with E-state index in [4.69, 9.17) is 4.74 Å². The number of rotatable bonds is 3. The van der Waals surface area contributed by atoms with Gasteiger partial charge in [0.15, 0.2) is 0 Å². The van der Waals surface area contributed by atoms with Gasteiger partial charge in [-0.25, -0.2) is 0 Å². The number of benzene rings is 1. The number of nitriles is 1. The lowest BCUT2D eigenvalue weighted by Gasteiger charge is -2.32. The fourth-order valence-corrected chi connectivity index (χ4v) is 2.72. The summed E-state index contributed by atoms with van der Waals surface area (Å²) in [5.74, 6) is 0.916. The van der Waals surface area contributed by atoms with Crippen molar-refractivity contribution in [3.05, 3.63) is 47.8 Å². The topological polar surface area (TPSA) is 50.8 Å². The SMILES string of the molecule is Cn1nccc1CCC1(C#N)COc2ccccc2C1. The van der Waals surface area contributed by atoms with Crippen LogP contribution >= 0.6 is 0 Å². The molecule has 2 heterocycles. The summed E-state index contributed by atoms with van der Waals surface area (Å²) in [6.45, 7) is 0.471. The zero-order valence-electron chi connectivity index (χ0n) is 11.5. The van der Waals surface area contributed by atoms with Crippen molar-refractivity contribution in [1.29, 1.82) is 5.26 Å². The fraction of sp³-hybridized carbons (Fsp3) is 0.375. The van der Waals surface area contributed by atoms with Crippen molar-refractivity contribution in [1.82, 2.24) is 9.78 Å². The maximum Gasteiger partial charge on any atom is 0.122 e. The normalized spacial score (nSPS) is 20.8. The van der Waals surface area contributed by atoms with E-state index in [9.17, 15) is 5.26 Å². The Balaban J connectivity index is 1.77.